The summed E-state index contributed by atoms with van der Waals surface area (Å²) in [4.78, 5) is 16.2. The molecule has 0 spiro atoms. The lowest BCUT2D eigenvalue weighted by atomic mass is 9.78. The number of nitriles is 1. The van der Waals surface area contributed by atoms with Crippen molar-refractivity contribution < 1.29 is 18.0 Å². The first-order valence-corrected chi connectivity index (χ1v) is 11.3. The minimum Gasteiger partial charge on any atom is -0.384 e. The number of thiophene rings is 1. The van der Waals surface area contributed by atoms with Crippen molar-refractivity contribution in [2.24, 2.45) is 5.73 Å². The molecule has 4 rings (SSSR count). The molecule has 1 unspecified atom stereocenters. The molecule has 32 heavy (non-hydrogen) atoms. The van der Waals surface area contributed by atoms with Gasteiger partial charge >= 0.3 is 6.18 Å². The molecule has 0 bridgehead atoms. The summed E-state index contributed by atoms with van der Waals surface area (Å²) in [7, 11) is 0. The summed E-state index contributed by atoms with van der Waals surface area (Å²) in [6, 6.07) is 9.29. The first kappa shape index (κ1) is 22.4. The van der Waals surface area contributed by atoms with E-state index in [1.165, 1.54) is 28.4 Å². The Morgan fingerprint density at radius 2 is 2.03 bits per heavy atom. The standard InChI is InChI=1S/C23H19ClF3N3OS/c1-2-13-7-9-19(32-13)20-14(11-28)22(29)30(17-4-3-5-18(31)21(17)20)16-8-6-12(24)10-15(16)23(25,26)27/h6-10,20H,2-5,29H2,1H3. The number of nitrogens with two attached hydrogens (primary N) is 1. The number of hydrogen-bond donors (Lipinski definition) is 1. The van der Waals surface area contributed by atoms with Gasteiger partial charge in [-0.25, -0.2) is 0 Å². The predicted molar refractivity (Wildman–Crippen MR) is 118 cm³/mol. The number of carbonyl (C=O) groups excluding carboxylic acids is 1. The molecular weight excluding hydrogens is 459 g/mol. The van der Waals surface area contributed by atoms with E-state index in [4.69, 9.17) is 17.3 Å². The SMILES string of the molecule is CCc1ccc(C2C(C#N)=C(N)N(c3ccc(Cl)cc3C(F)(F)F)C3=C2C(=O)CCC3)s1. The topological polar surface area (TPSA) is 70.1 Å². The largest absolute Gasteiger partial charge is 0.418 e. The summed E-state index contributed by atoms with van der Waals surface area (Å²) in [5.74, 6) is -0.938. The van der Waals surface area contributed by atoms with Crippen molar-refractivity contribution in [1.29, 1.82) is 5.26 Å². The molecule has 2 aliphatic rings. The zero-order chi connectivity index (χ0) is 23.2. The highest BCUT2D eigenvalue weighted by atomic mass is 35.5. The molecule has 1 aliphatic heterocycles. The third-order valence-electron chi connectivity index (χ3n) is 5.73. The number of carbonyl (C=O) groups is 1. The number of rotatable bonds is 3. The van der Waals surface area contributed by atoms with Crippen LogP contribution >= 0.6 is 22.9 Å². The molecule has 1 aliphatic carbocycles. The van der Waals surface area contributed by atoms with E-state index in [9.17, 15) is 23.2 Å². The first-order valence-electron chi connectivity index (χ1n) is 10.1. The minimum absolute atomic E-state index is 0.0707. The van der Waals surface area contributed by atoms with Gasteiger partial charge in [0.1, 0.15) is 5.82 Å². The molecule has 0 fully saturated rings. The number of anilines is 1. The summed E-state index contributed by atoms with van der Waals surface area (Å²) in [6.07, 6.45) is -2.75. The highest BCUT2D eigenvalue weighted by molar-refractivity contribution is 7.12. The maximum atomic E-state index is 13.9. The lowest BCUT2D eigenvalue weighted by Crippen LogP contribution is -2.39. The number of halogens is 4. The quantitative estimate of drug-likeness (QED) is 0.564. The average molecular weight is 478 g/mol. The molecule has 166 valence electrons. The molecule has 0 saturated heterocycles. The van der Waals surface area contributed by atoms with Crippen LogP contribution in [0.3, 0.4) is 0 Å². The van der Waals surface area contributed by atoms with Crippen molar-refractivity contribution in [3.63, 3.8) is 0 Å². The number of benzene rings is 1. The second kappa shape index (κ2) is 8.30. The van der Waals surface area contributed by atoms with Crippen molar-refractivity contribution in [1.82, 2.24) is 0 Å². The van der Waals surface area contributed by atoms with Gasteiger partial charge in [0.05, 0.1) is 28.8 Å². The van der Waals surface area contributed by atoms with Crippen molar-refractivity contribution in [2.75, 3.05) is 4.90 Å². The number of hydrogen-bond acceptors (Lipinski definition) is 5. The number of nitrogens with zero attached hydrogens (tertiary/aromatic N) is 2. The molecule has 1 aromatic heterocycles. The molecule has 1 aromatic carbocycles. The third-order valence-corrected chi connectivity index (χ3v) is 7.26. The van der Waals surface area contributed by atoms with Crippen molar-refractivity contribution >= 4 is 34.4 Å². The Morgan fingerprint density at radius 1 is 1.28 bits per heavy atom. The minimum atomic E-state index is -4.70. The molecule has 0 amide bonds. The maximum Gasteiger partial charge on any atom is 0.418 e. The van der Waals surface area contributed by atoms with Crippen molar-refractivity contribution in [2.45, 2.75) is 44.7 Å². The van der Waals surface area contributed by atoms with Crippen molar-refractivity contribution in [3.8, 4) is 6.07 Å². The number of allylic oxidation sites excluding steroid dienone is 3. The summed E-state index contributed by atoms with van der Waals surface area (Å²) in [5.41, 5.74) is 6.01. The van der Waals surface area contributed by atoms with Crippen LogP contribution in [-0.2, 0) is 17.4 Å². The summed E-state index contributed by atoms with van der Waals surface area (Å²) < 4.78 is 41.7. The van der Waals surface area contributed by atoms with E-state index in [1.54, 1.807) is 0 Å². The number of alkyl halides is 3. The molecule has 0 radical (unpaired) electrons. The lowest BCUT2D eigenvalue weighted by Gasteiger charge is -2.40. The van der Waals surface area contributed by atoms with Gasteiger partial charge in [0.2, 0.25) is 0 Å². The molecule has 4 nitrogen and oxygen atoms in total. The summed E-state index contributed by atoms with van der Waals surface area (Å²) in [6.45, 7) is 2.00. The van der Waals surface area contributed by atoms with Crippen LogP contribution in [0.2, 0.25) is 5.02 Å². The Labute approximate surface area is 192 Å². The Morgan fingerprint density at radius 3 is 2.66 bits per heavy atom. The number of ketones is 1. The highest BCUT2D eigenvalue weighted by Crippen LogP contribution is 2.49. The predicted octanol–water partition coefficient (Wildman–Crippen LogP) is 6.29. The highest BCUT2D eigenvalue weighted by Gasteiger charge is 2.43. The molecule has 9 heteroatoms. The smallest absolute Gasteiger partial charge is 0.384 e. The molecule has 2 heterocycles. The zero-order valence-electron chi connectivity index (χ0n) is 17.1. The van der Waals surface area contributed by atoms with E-state index in [-0.39, 0.29) is 34.3 Å². The fraction of sp³-hybridized carbons (Fsp3) is 0.304. The third kappa shape index (κ3) is 3.70. The van der Waals surface area contributed by atoms with E-state index in [0.717, 1.165) is 22.2 Å². The van der Waals surface area contributed by atoms with Crippen LogP contribution in [0, 0.1) is 11.3 Å². The van der Waals surface area contributed by atoms with Gasteiger partial charge in [0, 0.05) is 32.5 Å². The molecule has 2 N–H and O–H groups in total. The maximum absolute atomic E-state index is 13.9. The van der Waals surface area contributed by atoms with Gasteiger partial charge in [-0.3, -0.25) is 9.69 Å². The molecular formula is C23H19ClF3N3OS. The van der Waals surface area contributed by atoms with Gasteiger partial charge < -0.3 is 5.73 Å². The van der Waals surface area contributed by atoms with Crippen LogP contribution in [0.15, 0.2) is 53.0 Å². The van der Waals surface area contributed by atoms with E-state index < -0.39 is 17.7 Å². The Hall–Kier alpha value is -2.76. The first-order chi connectivity index (χ1) is 15.2. The van der Waals surface area contributed by atoms with E-state index in [2.05, 4.69) is 6.07 Å². The molecule has 0 saturated carbocycles. The summed E-state index contributed by atoms with van der Waals surface area (Å²) in [5, 5.41) is 9.91. The second-order valence-electron chi connectivity index (χ2n) is 7.63. The lowest BCUT2D eigenvalue weighted by molar-refractivity contribution is -0.137. The molecule has 1 atom stereocenters. The van der Waals surface area contributed by atoms with Gasteiger partial charge in [-0.1, -0.05) is 18.5 Å². The average Bonchev–Trinajstić information content (AvgIpc) is 3.22. The normalized spacial score (nSPS) is 19.3. The van der Waals surface area contributed by atoms with Crippen LogP contribution in [0.25, 0.3) is 0 Å². The fourth-order valence-electron chi connectivity index (χ4n) is 4.32. The fourth-order valence-corrected chi connectivity index (χ4v) is 5.56. The van der Waals surface area contributed by atoms with Crippen LogP contribution in [0.4, 0.5) is 18.9 Å². The van der Waals surface area contributed by atoms with Crippen LogP contribution in [0.5, 0.6) is 0 Å². The Bertz CT molecular complexity index is 1210. The Kier molecular flexibility index (Phi) is 5.82. The van der Waals surface area contributed by atoms with Gasteiger partial charge in [-0.05, 0) is 49.6 Å². The Balaban J connectivity index is 2.00. The van der Waals surface area contributed by atoms with E-state index >= 15 is 0 Å². The van der Waals surface area contributed by atoms with E-state index in [1.807, 2.05) is 19.1 Å². The van der Waals surface area contributed by atoms with Crippen LogP contribution < -0.4 is 10.6 Å². The number of Topliss-reactive ketones (excluding diaryl/α,β-unsaturated/α-hetero) is 1. The zero-order valence-corrected chi connectivity index (χ0v) is 18.7. The van der Waals surface area contributed by atoms with Gasteiger partial charge in [-0.15, -0.1) is 11.3 Å². The van der Waals surface area contributed by atoms with Gasteiger partial charge in [0.25, 0.3) is 0 Å². The van der Waals surface area contributed by atoms with E-state index in [0.29, 0.717) is 24.1 Å². The molecule has 2 aromatic rings. The second-order valence-corrected chi connectivity index (χ2v) is 9.27. The number of aryl methyl sites for hydroxylation is 1. The summed E-state index contributed by atoms with van der Waals surface area (Å²) >= 11 is 7.34. The van der Waals surface area contributed by atoms with Gasteiger partial charge in [0.15, 0.2) is 5.78 Å². The van der Waals surface area contributed by atoms with Gasteiger partial charge in [-0.2, -0.15) is 18.4 Å². The monoisotopic (exact) mass is 477 g/mol. The van der Waals surface area contributed by atoms with Crippen LogP contribution in [-0.4, -0.2) is 5.78 Å². The van der Waals surface area contributed by atoms with Crippen LogP contribution in [0.1, 0.15) is 47.4 Å². The van der Waals surface area contributed by atoms with Crippen molar-refractivity contribution in [3.05, 3.63) is 73.3 Å².